The van der Waals surface area contributed by atoms with Gasteiger partial charge in [0.1, 0.15) is 23.5 Å². The lowest BCUT2D eigenvalue weighted by atomic mass is 10.3. The molecule has 0 radical (unpaired) electrons. The highest BCUT2D eigenvalue weighted by molar-refractivity contribution is 8.00. The predicted octanol–water partition coefficient (Wildman–Crippen LogP) is 4.05. The highest BCUT2D eigenvalue weighted by Gasteiger charge is 2.32. The monoisotopic (exact) mass is 362 g/mol. The van der Waals surface area contributed by atoms with Gasteiger partial charge in [-0.15, -0.1) is 0 Å². The number of amides is 1. The van der Waals surface area contributed by atoms with Crippen LogP contribution in [0.3, 0.4) is 0 Å². The number of nitrogens with one attached hydrogen (secondary N) is 1. The Labute approximate surface area is 150 Å². The van der Waals surface area contributed by atoms with E-state index in [-0.39, 0.29) is 17.1 Å². The number of halogens is 1. The van der Waals surface area contributed by atoms with Crippen LogP contribution in [0.15, 0.2) is 47.4 Å². The van der Waals surface area contributed by atoms with Crippen molar-refractivity contribution in [2.75, 3.05) is 23.6 Å². The van der Waals surface area contributed by atoms with E-state index >= 15 is 0 Å². The van der Waals surface area contributed by atoms with Crippen LogP contribution in [0.25, 0.3) is 0 Å². The van der Waals surface area contributed by atoms with E-state index in [1.54, 1.807) is 47.2 Å². The van der Waals surface area contributed by atoms with E-state index in [0.717, 1.165) is 10.6 Å². The Balaban J connectivity index is 1.65. The zero-order valence-corrected chi connectivity index (χ0v) is 14.8. The van der Waals surface area contributed by atoms with E-state index in [4.69, 9.17) is 9.57 Å². The van der Waals surface area contributed by atoms with Crippen molar-refractivity contribution in [3.8, 4) is 5.75 Å². The molecular weight excluding hydrogens is 343 g/mol. The Bertz CT molecular complexity index is 754. The standard InChI is InChI=1S/C18H19FN2O3S/c1-3-24-21-16-10-13(19)4-9-17(16)25-18(21)11-23-15-7-5-14(6-8-15)20-12(2)22/h4-10,18H,3,11H2,1-2H3,(H,20,22). The smallest absolute Gasteiger partial charge is 0.221 e. The van der Waals surface area contributed by atoms with Gasteiger partial charge in [0, 0.05) is 23.6 Å². The summed E-state index contributed by atoms with van der Waals surface area (Å²) in [4.78, 5) is 17.7. The average Bonchev–Trinajstić information content (AvgIpc) is 2.91. The highest BCUT2D eigenvalue weighted by Crippen LogP contribution is 2.43. The molecule has 1 aliphatic rings. The van der Waals surface area contributed by atoms with Gasteiger partial charge in [0.15, 0.2) is 0 Å². The summed E-state index contributed by atoms with van der Waals surface area (Å²) in [6, 6.07) is 11.8. The van der Waals surface area contributed by atoms with Crippen molar-refractivity contribution in [3.63, 3.8) is 0 Å². The van der Waals surface area contributed by atoms with E-state index in [2.05, 4.69) is 5.32 Å². The fourth-order valence-electron chi connectivity index (χ4n) is 2.51. The zero-order chi connectivity index (χ0) is 17.8. The number of anilines is 2. The number of hydrogen-bond donors (Lipinski definition) is 1. The lowest BCUT2D eigenvalue weighted by Gasteiger charge is -2.25. The number of hydrogen-bond acceptors (Lipinski definition) is 5. The van der Waals surface area contributed by atoms with Crippen molar-refractivity contribution in [1.29, 1.82) is 0 Å². The van der Waals surface area contributed by atoms with Crippen LogP contribution in [0.5, 0.6) is 5.75 Å². The first-order chi connectivity index (χ1) is 12.1. The summed E-state index contributed by atoms with van der Waals surface area (Å²) in [6.07, 6.45) is 0. The number of carbonyl (C=O) groups excluding carboxylic acids is 1. The summed E-state index contributed by atoms with van der Waals surface area (Å²) in [5, 5.41) is 4.31. The molecule has 0 spiro atoms. The molecule has 2 aromatic carbocycles. The van der Waals surface area contributed by atoms with Gasteiger partial charge in [0.05, 0.1) is 12.3 Å². The van der Waals surface area contributed by atoms with Crippen LogP contribution in [0.4, 0.5) is 15.8 Å². The number of fused-ring (bicyclic) bond motifs is 1. The summed E-state index contributed by atoms with van der Waals surface area (Å²) in [7, 11) is 0. The summed E-state index contributed by atoms with van der Waals surface area (Å²) >= 11 is 1.58. The molecule has 2 aromatic rings. The molecule has 0 aliphatic carbocycles. The molecule has 7 heteroatoms. The van der Waals surface area contributed by atoms with Gasteiger partial charge in [0.2, 0.25) is 5.91 Å². The second kappa shape index (κ2) is 7.76. The highest BCUT2D eigenvalue weighted by atomic mass is 32.2. The molecule has 132 valence electrons. The first-order valence-corrected chi connectivity index (χ1v) is 8.83. The number of nitrogens with zero attached hydrogens (tertiary/aromatic N) is 1. The number of hydroxylamine groups is 1. The van der Waals surface area contributed by atoms with Crippen LogP contribution < -0.4 is 15.1 Å². The van der Waals surface area contributed by atoms with Gasteiger partial charge in [-0.3, -0.25) is 9.63 Å². The van der Waals surface area contributed by atoms with Crippen LogP contribution in [0.2, 0.25) is 0 Å². The number of thioether (sulfide) groups is 1. The van der Waals surface area contributed by atoms with Crippen LogP contribution in [0.1, 0.15) is 13.8 Å². The molecule has 0 bridgehead atoms. The van der Waals surface area contributed by atoms with Gasteiger partial charge < -0.3 is 10.1 Å². The molecule has 0 aromatic heterocycles. The van der Waals surface area contributed by atoms with E-state index in [0.29, 0.717) is 24.7 Å². The molecule has 1 aliphatic heterocycles. The van der Waals surface area contributed by atoms with Gasteiger partial charge in [-0.05, 0) is 43.3 Å². The molecule has 1 unspecified atom stereocenters. The summed E-state index contributed by atoms with van der Waals surface area (Å²) in [5.41, 5.74) is 1.44. The number of carbonyl (C=O) groups is 1. The lowest BCUT2D eigenvalue weighted by Crippen LogP contribution is -2.34. The van der Waals surface area contributed by atoms with Gasteiger partial charge in [-0.1, -0.05) is 11.8 Å². The van der Waals surface area contributed by atoms with Crippen LogP contribution in [-0.2, 0) is 9.63 Å². The van der Waals surface area contributed by atoms with Crippen molar-refractivity contribution in [2.45, 2.75) is 24.1 Å². The van der Waals surface area contributed by atoms with Gasteiger partial charge >= 0.3 is 0 Å². The molecule has 25 heavy (non-hydrogen) atoms. The maximum Gasteiger partial charge on any atom is 0.221 e. The Morgan fingerprint density at radius 3 is 2.72 bits per heavy atom. The van der Waals surface area contributed by atoms with Crippen molar-refractivity contribution in [3.05, 3.63) is 48.3 Å². The van der Waals surface area contributed by atoms with E-state index in [1.807, 2.05) is 6.92 Å². The van der Waals surface area contributed by atoms with Crippen molar-refractivity contribution < 1.29 is 18.8 Å². The molecule has 1 amide bonds. The predicted molar refractivity (Wildman–Crippen MR) is 96.4 cm³/mol. The molecule has 0 fully saturated rings. The second-order valence-electron chi connectivity index (χ2n) is 5.44. The third-order valence-electron chi connectivity index (χ3n) is 3.52. The first kappa shape index (κ1) is 17.6. The molecule has 5 nitrogen and oxygen atoms in total. The minimum absolute atomic E-state index is 0.105. The summed E-state index contributed by atoms with van der Waals surface area (Å²) in [5.74, 6) is 0.279. The van der Waals surface area contributed by atoms with Gasteiger partial charge in [0.25, 0.3) is 0 Å². The number of rotatable bonds is 6. The number of ether oxygens (including phenoxy) is 1. The molecule has 0 saturated heterocycles. The fraction of sp³-hybridized carbons (Fsp3) is 0.278. The molecule has 1 N–H and O–H groups in total. The summed E-state index contributed by atoms with van der Waals surface area (Å²) < 4.78 is 19.4. The molecule has 1 atom stereocenters. The van der Waals surface area contributed by atoms with Crippen LogP contribution in [0, 0.1) is 5.82 Å². The Hall–Kier alpha value is -2.25. The molecule has 3 rings (SSSR count). The van der Waals surface area contributed by atoms with E-state index < -0.39 is 0 Å². The third-order valence-corrected chi connectivity index (χ3v) is 4.72. The maximum atomic E-state index is 13.5. The van der Waals surface area contributed by atoms with Crippen LogP contribution in [-0.4, -0.2) is 24.5 Å². The van der Waals surface area contributed by atoms with E-state index in [9.17, 15) is 9.18 Å². The second-order valence-corrected chi connectivity index (χ2v) is 6.66. The Morgan fingerprint density at radius 2 is 2.04 bits per heavy atom. The van der Waals surface area contributed by atoms with E-state index in [1.165, 1.54) is 19.1 Å². The zero-order valence-electron chi connectivity index (χ0n) is 14.0. The first-order valence-electron chi connectivity index (χ1n) is 7.95. The fourth-order valence-corrected chi connectivity index (χ4v) is 3.63. The Morgan fingerprint density at radius 1 is 1.28 bits per heavy atom. The Kier molecular flexibility index (Phi) is 5.45. The number of benzene rings is 2. The third kappa shape index (κ3) is 4.24. The quantitative estimate of drug-likeness (QED) is 0.840. The van der Waals surface area contributed by atoms with Gasteiger partial charge in [-0.2, -0.15) is 0 Å². The molecule has 0 saturated carbocycles. The largest absolute Gasteiger partial charge is 0.490 e. The van der Waals surface area contributed by atoms with Crippen molar-refractivity contribution >= 4 is 29.0 Å². The minimum Gasteiger partial charge on any atom is -0.490 e. The van der Waals surface area contributed by atoms with Crippen molar-refractivity contribution in [2.24, 2.45) is 0 Å². The molecular formula is C18H19FN2O3S. The lowest BCUT2D eigenvalue weighted by molar-refractivity contribution is -0.114. The normalized spacial score (nSPS) is 15.8. The maximum absolute atomic E-state index is 13.5. The topological polar surface area (TPSA) is 50.8 Å². The average molecular weight is 362 g/mol. The van der Waals surface area contributed by atoms with Gasteiger partial charge in [-0.25, -0.2) is 9.45 Å². The van der Waals surface area contributed by atoms with Crippen LogP contribution >= 0.6 is 11.8 Å². The molecule has 1 heterocycles. The van der Waals surface area contributed by atoms with Crippen molar-refractivity contribution in [1.82, 2.24) is 0 Å². The summed E-state index contributed by atoms with van der Waals surface area (Å²) in [6.45, 7) is 4.21. The minimum atomic E-state index is -0.292. The SMILES string of the molecule is CCON1c2cc(F)ccc2SC1COc1ccc(NC(C)=O)cc1.